The van der Waals surface area contributed by atoms with E-state index in [-0.39, 0.29) is 5.91 Å². The number of nitrogens with one attached hydrogen (secondary N) is 2. The lowest BCUT2D eigenvalue weighted by atomic mass is 10.1. The summed E-state index contributed by atoms with van der Waals surface area (Å²) in [4.78, 5) is 11.6. The molecule has 0 aliphatic heterocycles. The fourth-order valence-electron chi connectivity index (χ4n) is 2.25. The highest BCUT2D eigenvalue weighted by Crippen LogP contribution is 2.24. The number of nitrogen functional groups attached to an aromatic ring is 1. The maximum absolute atomic E-state index is 11.6. The molecule has 0 radical (unpaired) electrons. The van der Waals surface area contributed by atoms with Crippen molar-refractivity contribution in [3.63, 3.8) is 0 Å². The minimum absolute atomic E-state index is 0.140. The van der Waals surface area contributed by atoms with Crippen molar-refractivity contribution in [3.8, 4) is 0 Å². The maximum atomic E-state index is 11.6. The molecular formula is C18H23N3O. The second-order valence-corrected chi connectivity index (χ2v) is 5.31. The number of anilines is 3. The number of carbonyl (C=O) groups is 1. The van der Waals surface area contributed by atoms with Gasteiger partial charge in [0.15, 0.2) is 0 Å². The van der Waals surface area contributed by atoms with Gasteiger partial charge in [-0.2, -0.15) is 0 Å². The van der Waals surface area contributed by atoms with Crippen LogP contribution in [0.25, 0.3) is 0 Å². The van der Waals surface area contributed by atoms with E-state index >= 15 is 0 Å². The van der Waals surface area contributed by atoms with Crippen molar-refractivity contribution >= 4 is 23.0 Å². The van der Waals surface area contributed by atoms with Gasteiger partial charge in [-0.25, -0.2) is 0 Å². The second kappa shape index (κ2) is 7.50. The van der Waals surface area contributed by atoms with Gasteiger partial charge in [-0.05, 0) is 48.7 Å². The third kappa shape index (κ3) is 4.01. The van der Waals surface area contributed by atoms with Gasteiger partial charge in [-0.1, -0.05) is 25.5 Å². The third-order valence-electron chi connectivity index (χ3n) is 3.59. The SMILES string of the molecule is CCCCc1ccc(Nc2ccc(C(=O)NC)cc2N)cc1. The summed E-state index contributed by atoms with van der Waals surface area (Å²) in [6.07, 6.45) is 3.52. The molecular weight excluding hydrogens is 274 g/mol. The lowest BCUT2D eigenvalue weighted by molar-refractivity contribution is 0.0963. The van der Waals surface area contributed by atoms with Crippen molar-refractivity contribution in [2.24, 2.45) is 0 Å². The van der Waals surface area contributed by atoms with Crippen molar-refractivity contribution in [3.05, 3.63) is 53.6 Å². The lowest BCUT2D eigenvalue weighted by Gasteiger charge is -2.11. The minimum atomic E-state index is -0.140. The summed E-state index contributed by atoms with van der Waals surface area (Å²) in [5.74, 6) is -0.140. The van der Waals surface area contributed by atoms with E-state index < -0.39 is 0 Å². The molecule has 0 bridgehead atoms. The standard InChI is InChI=1S/C18H23N3O/c1-3-4-5-13-6-9-15(10-7-13)21-17-11-8-14(12-16(17)19)18(22)20-2/h6-12,21H,3-5,19H2,1-2H3,(H,20,22). The fraction of sp³-hybridized carbons (Fsp3) is 0.278. The van der Waals surface area contributed by atoms with Gasteiger partial charge in [-0.15, -0.1) is 0 Å². The Morgan fingerprint density at radius 1 is 1.14 bits per heavy atom. The first-order chi connectivity index (χ1) is 10.6. The topological polar surface area (TPSA) is 67.2 Å². The molecule has 0 saturated carbocycles. The molecule has 0 heterocycles. The van der Waals surface area contributed by atoms with E-state index in [1.165, 1.54) is 18.4 Å². The van der Waals surface area contributed by atoms with Gasteiger partial charge < -0.3 is 16.4 Å². The number of rotatable bonds is 6. The number of unbranched alkanes of at least 4 members (excludes halogenated alkanes) is 1. The van der Waals surface area contributed by atoms with E-state index in [1.807, 2.05) is 6.07 Å². The molecule has 0 atom stereocenters. The highest BCUT2D eigenvalue weighted by molar-refractivity contribution is 5.96. The van der Waals surface area contributed by atoms with Crippen LogP contribution in [0, 0.1) is 0 Å². The molecule has 1 amide bonds. The Hall–Kier alpha value is -2.49. The fourth-order valence-corrected chi connectivity index (χ4v) is 2.25. The molecule has 0 aliphatic rings. The van der Waals surface area contributed by atoms with E-state index in [0.717, 1.165) is 17.8 Å². The number of aryl methyl sites for hydroxylation is 1. The van der Waals surface area contributed by atoms with E-state index in [2.05, 4.69) is 41.8 Å². The van der Waals surface area contributed by atoms with Crippen LogP contribution >= 0.6 is 0 Å². The van der Waals surface area contributed by atoms with Crippen LogP contribution in [0.2, 0.25) is 0 Å². The van der Waals surface area contributed by atoms with Gasteiger partial charge in [-0.3, -0.25) is 4.79 Å². The Balaban J connectivity index is 2.08. The smallest absolute Gasteiger partial charge is 0.251 e. The van der Waals surface area contributed by atoms with E-state index in [9.17, 15) is 4.79 Å². The molecule has 2 aromatic carbocycles. The molecule has 0 fully saturated rings. The third-order valence-corrected chi connectivity index (χ3v) is 3.59. The molecule has 0 aromatic heterocycles. The number of amides is 1. The first kappa shape index (κ1) is 15.9. The van der Waals surface area contributed by atoms with Crippen molar-refractivity contribution in [1.82, 2.24) is 5.32 Å². The second-order valence-electron chi connectivity index (χ2n) is 5.31. The first-order valence-corrected chi connectivity index (χ1v) is 7.61. The zero-order valence-electron chi connectivity index (χ0n) is 13.1. The van der Waals surface area contributed by atoms with Gasteiger partial charge in [0.25, 0.3) is 5.91 Å². The zero-order valence-corrected chi connectivity index (χ0v) is 13.1. The minimum Gasteiger partial charge on any atom is -0.397 e. The molecule has 4 nitrogen and oxygen atoms in total. The molecule has 0 saturated heterocycles. The number of hydrogen-bond donors (Lipinski definition) is 3. The monoisotopic (exact) mass is 297 g/mol. The van der Waals surface area contributed by atoms with Crippen LogP contribution in [-0.4, -0.2) is 13.0 Å². The maximum Gasteiger partial charge on any atom is 0.251 e. The zero-order chi connectivity index (χ0) is 15.9. The highest BCUT2D eigenvalue weighted by atomic mass is 16.1. The summed E-state index contributed by atoms with van der Waals surface area (Å²) in [5.41, 5.74) is 10.3. The van der Waals surface area contributed by atoms with E-state index in [0.29, 0.717) is 11.3 Å². The molecule has 0 spiro atoms. The van der Waals surface area contributed by atoms with Gasteiger partial charge in [0, 0.05) is 18.3 Å². The van der Waals surface area contributed by atoms with Crippen LogP contribution in [0.5, 0.6) is 0 Å². The number of hydrogen-bond acceptors (Lipinski definition) is 3. The van der Waals surface area contributed by atoms with Crippen LogP contribution in [0.15, 0.2) is 42.5 Å². The Bertz CT molecular complexity index is 635. The van der Waals surface area contributed by atoms with Crippen molar-refractivity contribution in [1.29, 1.82) is 0 Å². The van der Waals surface area contributed by atoms with Crippen molar-refractivity contribution < 1.29 is 4.79 Å². The molecule has 116 valence electrons. The van der Waals surface area contributed by atoms with Crippen LogP contribution < -0.4 is 16.4 Å². The summed E-state index contributed by atoms with van der Waals surface area (Å²) >= 11 is 0. The average molecular weight is 297 g/mol. The molecule has 0 unspecified atom stereocenters. The molecule has 0 aliphatic carbocycles. The van der Waals surface area contributed by atoms with Gasteiger partial charge >= 0.3 is 0 Å². The predicted molar refractivity (Wildman–Crippen MR) is 92.6 cm³/mol. The summed E-state index contributed by atoms with van der Waals surface area (Å²) in [6.45, 7) is 2.20. The van der Waals surface area contributed by atoms with E-state index in [4.69, 9.17) is 5.73 Å². The van der Waals surface area contributed by atoms with Crippen LogP contribution in [0.3, 0.4) is 0 Å². The number of carbonyl (C=O) groups excluding carboxylic acids is 1. The summed E-state index contributed by atoms with van der Waals surface area (Å²) in [5, 5.41) is 5.87. The summed E-state index contributed by atoms with van der Waals surface area (Å²) in [6, 6.07) is 13.6. The largest absolute Gasteiger partial charge is 0.397 e. The Labute approximate surface area is 131 Å². The van der Waals surface area contributed by atoms with Crippen LogP contribution in [0.4, 0.5) is 17.1 Å². The molecule has 22 heavy (non-hydrogen) atoms. The summed E-state index contributed by atoms with van der Waals surface area (Å²) < 4.78 is 0. The van der Waals surface area contributed by atoms with Crippen LogP contribution in [0.1, 0.15) is 35.7 Å². The van der Waals surface area contributed by atoms with Gasteiger partial charge in [0.2, 0.25) is 0 Å². The predicted octanol–water partition coefficient (Wildman–Crippen LogP) is 3.71. The Morgan fingerprint density at radius 2 is 1.86 bits per heavy atom. The molecule has 4 heteroatoms. The lowest BCUT2D eigenvalue weighted by Crippen LogP contribution is -2.17. The molecule has 2 aromatic rings. The number of nitrogens with two attached hydrogens (primary N) is 1. The number of benzene rings is 2. The molecule has 2 rings (SSSR count). The van der Waals surface area contributed by atoms with Gasteiger partial charge in [0.1, 0.15) is 0 Å². The average Bonchev–Trinajstić information content (AvgIpc) is 2.55. The first-order valence-electron chi connectivity index (χ1n) is 7.61. The van der Waals surface area contributed by atoms with Crippen molar-refractivity contribution in [2.75, 3.05) is 18.1 Å². The van der Waals surface area contributed by atoms with Crippen LogP contribution in [-0.2, 0) is 6.42 Å². The Morgan fingerprint density at radius 3 is 2.45 bits per heavy atom. The highest BCUT2D eigenvalue weighted by Gasteiger charge is 2.06. The molecule has 4 N–H and O–H groups in total. The Kier molecular flexibility index (Phi) is 5.42. The quantitative estimate of drug-likeness (QED) is 0.712. The van der Waals surface area contributed by atoms with E-state index in [1.54, 1.807) is 19.2 Å². The summed E-state index contributed by atoms with van der Waals surface area (Å²) in [7, 11) is 1.60. The normalized spacial score (nSPS) is 10.3. The van der Waals surface area contributed by atoms with Gasteiger partial charge in [0.05, 0.1) is 11.4 Å². The van der Waals surface area contributed by atoms with Crippen molar-refractivity contribution in [2.45, 2.75) is 26.2 Å².